The molecule has 39 heavy (non-hydrogen) atoms. The van der Waals surface area contributed by atoms with E-state index in [9.17, 15) is 0 Å². The summed E-state index contributed by atoms with van der Waals surface area (Å²) in [5, 5.41) is 4.02. The van der Waals surface area contributed by atoms with Gasteiger partial charge in [-0.25, -0.2) is 0 Å². The summed E-state index contributed by atoms with van der Waals surface area (Å²) in [7, 11) is 3.18. The Labute approximate surface area is 240 Å². The second kappa shape index (κ2) is 14.8. The van der Waals surface area contributed by atoms with Gasteiger partial charge in [-0.1, -0.05) is 114 Å². The Kier molecular flexibility index (Phi) is 11.2. The van der Waals surface area contributed by atoms with E-state index < -0.39 is 0 Å². The summed E-state index contributed by atoms with van der Waals surface area (Å²) in [5.74, 6) is 0. The summed E-state index contributed by atoms with van der Waals surface area (Å²) < 4.78 is 0. The Hall–Kier alpha value is -2.43. The van der Waals surface area contributed by atoms with Crippen molar-refractivity contribution in [2.24, 2.45) is 0 Å². The minimum atomic E-state index is 1.15. The van der Waals surface area contributed by atoms with Crippen molar-refractivity contribution >= 4 is 25.3 Å². The highest BCUT2D eigenvalue weighted by Crippen LogP contribution is 2.41. The summed E-state index contributed by atoms with van der Waals surface area (Å²) in [6.07, 6.45) is 14.6. The van der Waals surface area contributed by atoms with Gasteiger partial charge in [-0.05, 0) is 118 Å². The largest absolute Gasteiger partial charge is 0.104 e. The van der Waals surface area contributed by atoms with Crippen LogP contribution in [-0.4, -0.2) is 0 Å². The normalized spacial score (nSPS) is 11.4. The van der Waals surface area contributed by atoms with Gasteiger partial charge in [0.1, 0.15) is 0 Å². The Balaban J connectivity index is 2.05. The van der Waals surface area contributed by atoms with Crippen LogP contribution in [0, 0.1) is 0 Å². The van der Waals surface area contributed by atoms with Crippen molar-refractivity contribution in [1.29, 1.82) is 0 Å². The van der Waals surface area contributed by atoms with E-state index in [0.29, 0.717) is 0 Å². The van der Waals surface area contributed by atoms with Crippen LogP contribution in [0.4, 0.5) is 0 Å². The number of hydrogen-bond donors (Lipinski definition) is 0. The third-order valence-corrected chi connectivity index (χ3v) is 8.95. The molecule has 0 N–H and O–H groups in total. The molecule has 0 nitrogen and oxygen atoms in total. The van der Waals surface area contributed by atoms with Gasteiger partial charge in [-0.3, -0.25) is 0 Å². The number of hydrogen-bond acceptors (Lipinski definition) is 0. The first-order valence-electron chi connectivity index (χ1n) is 15.7. The van der Waals surface area contributed by atoms with E-state index in [0.717, 1.165) is 12.8 Å². The average Bonchev–Trinajstić information content (AvgIpc) is 2.97. The molecule has 4 aromatic rings. The summed E-state index contributed by atoms with van der Waals surface area (Å²) in [6, 6.07) is 25.7. The Bertz CT molecular complexity index is 1360. The van der Waals surface area contributed by atoms with Crippen molar-refractivity contribution in [3.8, 4) is 22.3 Å². The standard InChI is InChI=1S/C38H49P/c1-5-9-17-28-20-15-25-34(31(28)22-11-7-3)36-27-30-19-13-14-24-33(30)38(39)37(36)35-26-16-21-29(18-10-6-2)32(35)23-12-8-4/h13-16,19-21,24-27H,5-12,17-18,22-23,39H2,1-4H3. The second-order valence-electron chi connectivity index (χ2n) is 11.2. The van der Waals surface area contributed by atoms with Crippen LogP contribution < -0.4 is 5.30 Å². The SMILES string of the molecule is CCCCc1cccc(-c2cc3ccccc3c(P)c2-c2cccc(CCCC)c2CCCC)c1CCCC. The third kappa shape index (κ3) is 6.84. The molecule has 1 atom stereocenters. The monoisotopic (exact) mass is 536 g/mol. The Morgan fingerprint density at radius 1 is 0.513 bits per heavy atom. The highest BCUT2D eigenvalue weighted by Gasteiger charge is 2.21. The van der Waals surface area contributed by atoms with Crippen LogP contribution in [0.15, 0.2) is 66.7 Å². The zero-order valence-electron chi connectivity index (χ0n) is 24.9. The van der Waals surface area contributed by atoms with Crippen LogP contribution >= 0.6 is 9.24 Å². The number of fused-ring (bicyclic) bond motifs is 1. The van der Waals surface area contributed by atoms with E-state index in [1.54, 1.807) is 22.3 Å². The van der Waals surface area contributed by atoms with Crippen LogP contribution in [0.1, 0.15) is 101 Å². The summed E-state index contributed by atoms with van der Waals surface area (Å²) in [6.45, 7) is 9.25. The van der Waals surface area contributed by atoms with Crippen LogP contribution in [-0.2, 0) is 25.7 Å². The fourth-order valence-electron chi connectivity index (χ4n) is 6.13. The fraction of sp³-hybridized carbons (Fsp3) is 0.421. The van der Waals surface area contributed by atoms with E-state index in [2.05, 4.69) is 104 Å². The van der Waals surface area contributed by atoms with Gasteiger partial charge < -0.3 is 0 Å². The quantitative estimate of drug-likeness (QED) is 0.141. The predicted molar refractivity (Wildman–Crippen MR) is 179 cm³/mol. The molecule has 0 fully saturated rings. The van der Waals surface area contributed by atoms with Crippen molar-refractivity contribution in [2.45, 2.75) is 105 Å². The van der Waals surface area contributed by atoms with Gasteiger partial charge in [0.2, 0.25) is 0 Å². The molecular formula is C38H49P. The zero-order valence-corrected chi connectivity index (χ0v) is 26.1. The maximum Gasteiger partial charge on any atom is -0.00243 e. The molecule has 0 aromatic heterocycles. The zero-order chi connectivity index (χ0) is 27.6. The molecule has 206 valence electrons. The van der Waals surface area contributed by atoms with E-state index >= 15 is 0 Å². The van der Waals surface area contributed by atoms with Crippen LogP contribution in [0.2, 0.25) is 0 Å². The Morgan fingerprint density at radius 2 is 1.03 bits per heavy atom. The molecule has 1 heteroatoms. The van der Waals surface area contributed by atoms with Crippen molar-refractivity contribution in [3.63, 3.8) is 0 Å². The lowest BCUT2D eigenvalue weighted by molar-refractivity contribution is 0.758. The highest BCUT2D eigenvalue weighted by atomic mass is 31.0. The molecule has 0 aliphatic heterocycles. The van der Waals surface area contributed by atoms with Crippen LogP contribution in [0.25, 0.3) is 33.0 Å². The fourth-order valence-corrected chi connectivity index (χ4v) is 6.71. The molecule has 0 aliphatic rings. The van der Waals surface area contributed by atoms with Gasteiger partial charge in [0.05, 0.1) is 0 Å². The lowest BCUT2D eigenvalue weighted by Crippen LogP contribution is -2.08. The molecule has 1 unspecified atom stereocenters. The molecule has 0 spiro atoms. The molecule has 0 aliphatic carbocycles. The molecule has 0 saturated heterocycles. The number of benzene rings is 4. The second-order valence-corrected chi connectivity index (χ2v) is 11.8. The molecule has 4 rings (SSSR count). The molecule has 0 bridgehead atoms. The van der Waals surface area contributed by atoms with Gasteiger partial charge in [0, 0.05) is 0 Å². The van der Waals surface area contributed by atoms with Crippen molar-refractivity contribution in [3.05, 3.63) is 89.0 Å². The topological polar surface area (TPSA) is 0 Å². The van der Waals surface area contributed by atoms with Crippen molar-refractivity contribution in [1.82, 2.24) is 0 Å². The summed E-state index contributed by atoms with van der Waals surface area (Å²) in [5.41, 5.74) is 12.0. The molecule has 0 radical (unpaired) electrons. The minimum absolute atomic E-state index is 1.15. The van der Waals surface area contributed by atoms with E-state index in [4.69, 9.17) is 0 Å². The maximum absolute atomic E-state index is 3.18. The van der Waals surface area contributed by atoms with E-state index in [1.807, 2.05) is 0 Å². The molecule has 0 amide bonds. The van der Waals surface area contributed by atoms with Gasteiger partial charge in [-0.2, -0.15) is 0 Å². The number of unbranched alkanes of at least 4 members (excludes halogenated alkanes) is 4. The maximum atomic E-state index is 3.18. The van der Waals surface area contributed by atoms with Crippen molar-refractivity contribution < 1.29 is 0 Å². The molecule has 0 heterocycles. The van der Waals surface area contributed by atoms with E-state index in [-0.39, 0.29) is 0 Å². The Morgan fingerprint density at radius 3 is 1.62 bits per heavy atom. The van der Waals surface area contributed by atoms with Gasteiger partial charge >= 0.3 is 0 Å². The molecule has 0 saturated carbocycles. The third-order valence-electron chi connectivity index (χ3n) is 8.36. The first kappa shape index (κ1) is 29.6. The van der Waals surface area contributed by atoms with Crippen molar-refractivity contribution in [2.75, 3.05) is 0 Å². The summed E-state index contributed by atoms with van der Waals surface area (Å²) in [4.78, 5) is 0. The van der Waals surface area contributed by atoms with Gasteiger partial charge in [-0.15, -0.1) is 9.24 Å². The predicted octanol–water partition coefficient (Wildman–Crippen LogP) is 11.0. The van der Waals surface area contributed by atoms with Crippen LogP contribution in [0.3, 0.4) is 0 Å². The molecule has 4 aromatic carbocycles. The lowest BCUT2D eigenvalue weighted by Gasteiger charge is -2.23. The van der Waals surface area contributed by atoms with Gasteiger partial charge in [0.25, 0.3) is 0 Å². The number of aryl methyl sites for hydroxylation is 2. The first-order chi connectivity index (χ1) is 19.1. The minimum Gasteiger partial charge on any atom is -0.104 e. The lowest BCUT2D eigenvalue weighted by atomic mass is 9.82. The smallest absolute Gasteiger partial charge is 0.00243 e. The highest BCUT2D eigenvalue weighted by molar-refractivity contribution is 7.29. The van der Waals surface area contributed by atoms with Crippen LogP contribution in [0.5, 0.6) is 0 Å². The van der Waals surface area contributed by atoms with E-state index in [1.165, 1.54) is 103 Å². The first-order valence-corrected chi connectivity index (χ1v) is 16.3. The average molecular weight is 537 g/mol. The molecular weight excluding hydrogens is 487 g/mol. The van der Waals surface area contributed by atoms with Gasteiger partial charge in [0.15, 0.2) is 0 Å². The summed E-state index contributed by atoms with van der Waals surface area (Å²) >= 11 is 0. The number of rotatable bonds is 14.